The maximum absolute atomic E-state index is 12.8. The molecule has 0 spiro atoms. The quantitative estimate of drug-likeness (QED) is 0.755. The minimum absolute atomic E-state index is 0.103. The molecule has 3 rings (SSSR count). The Morgan fingerprint density at radius 3 is 2.56 bits per heavy atom. The van der Waals surface area contributed by atoms with E-state index in [0.29, 0.717) is 11.4 Å². The third-order valence-electron chi connectivity index (χ3n) is 5.00. The van der Waals surface area contributed by atoms with E-state index in [4.69, 9.17) is 0 Å². The number of sulfonamides is 1. The van der Waals surface area contributed by atoms with Crippen molar-refractivity contribution < 1.29 is 13.2 Å². The lowest BCUT2D eigenvalue weighted by Gasteiger charge is -2.26. The first-order chi connectivity index (χ1) is 12.8. The molecule has 27 heavy (non-hydrogen) atoms. The minimum atomic E-state index is -3.72. The Kier molecular flexibility index (Phi) is 6.08. The number of nitrogens with zero attached hydrogens (tertiary/aromatic N) is 2. The fourth-order valence-electron chi connectivity index (χ4n) is 3.31. The van der Waals surface area contributed by atoms with Gasteiger partial charge in [0.25, 0.3) is 5.91 Å². The van der Waals surface area contributed by atoms with E-state index in [-0.39, 0.29) is 17.3 Å². The van der Waals surface area contributed by atoms with Crippen LogP contribution < -0.4 is 4.72 Å². The molecule has 0 radical (unpaired) electrons. The van der Waals surface area contributed by atoms with Crippen molar-refractivity contribution in [2.45, 2.75) is 37.6 Å². The smallest absolute Gasteiger partial charge is 0.270 e. The van der Waals surface area contributed by atoms with Gasteiger partial charge in [-0.2, -0.15) is 0 Å². The van der Waals surface area contributed by atoms with E-state index in [1.807, 2.05) is 29.2 Å². The maximum atomic E-state index is 12.8. The number of carbonyl (C=O) groups excluding carboxylic acids is 1. The summed E-state index contributed by atoms with van der Waals surface area (Å²) in [5.74, 6) is -0.103. The average Bonchev–Trinajstić information content (AvgIpc) is 2.96. The van der Waals surface area contributed by atoms with Gasteiger partial charge in [-0.25, -0.2) is 13.1 Å². The molecule has 1 saturated heterocycles. The number of aromatic nitrogens is 1. The van der Waals surface area contributed by atoms with Crippen molar-refractivity contribution in [3.05, 3.63) is 51.8 Å². The van der Waals surface area contributed by atoms with E-state index in [0.717, 1.165) is 42.4 Å². The van der Waals surface area contributed by atoms with Crippen LogP contribution in [0, 0.1) is 6.92 Å². The fourth-order valence-corrected chi connectivity index (χ4v) is 5.06. The predicted octanol–water partition coefficient (Wildman–Crippen LogP) is 3.20. The molecular weight excluding hydrogens is 430 g/mol. The van der Waals surface area contributed by atoms with E-state index in [1.54, 1.807) is 18.5 Å². The maximum Gasteiger partial charge on any atom is 0.270 e. The van der Waals surface area contributed by atoms with Crippen molar-refractivity contribution >= 4 is 31.9 Å². The fraction of sp³-hybridized carbons (Fsp3) is 0.421. The van der Waals surface area contributed by atoms with Crippen LogP contribution in [0.1, 0.15) is 41.0 Å². The summed E-state index contributed by atoms with van der Waals surface area (Å²) in [6.07, 6.45) is 3.12. The molecule has 8 heteroatoms. The number of benzene rings is 1. The Bertz CT molecular complexity index is 947. The van der Waals surface area contributed by atoms with Gasteiger partial charge in [0.1, 0.15) is 10.6 Å². The number of amides is 1. The van der Waals surface area contributed by atoms with Gasteiger partial charge >= 0.3 is 0 Å². The first-order valence-electron chi connectivity index (χ1n) is 8.99. The molecular formula is C19H24BrN3O3S. The highest BCUT2D eigenvalue weighted by atomic mass is 79.9. The molecule has 1 aromatic carbocycles. The second-order valence-corrected chi connectivity index (χ2v) is 9.50. The number of carbonyl (C=O) groups is 1. The number of hydrogen-bond acceptors (Lipinski definition) is 3. The van der Waals surface area contributed by atoms with Gasteiger partial charge in [-0.3, -0.25) is 4.79 Å². The van der Waals surface area contributed by atoms with Gasteiger partial charge in [0.2, 0.25) is 10.0 Å². The monoisotopic (exact) mass is 453 g/mol. The summed E-state index contributed by atoms with van der Waals surface area (Å²) < 4.78 is 30.8. The first-order valence-corrected chi connectivity index (χ1v) is 11.3. The Hall–Kier alpha value is -1.64. The molecule has 0 unspecified atom stereocenters. The molecule has 0 saturated carbocycles. The van der Waals surface area contributed by atoms with E-state index in [9.17, 15) is 13.2 Å². The van der Waals surface area contributed by atoms with Crippen LogP contribution in [0.4, 0.5) is 0 Å². The SMILES string of the molecule is Cc1c(S(=O)(=O)NCc2cccc(Br)c2)cc(C(=O)N2CCCCC2)n1C. The van der Waals surface area contributed by atoms with Crippen LogP contribution in [-0.2, 0) is 23.6 Å². The van der Waals surface area contributed by atoms with Crippen molar-refractivity contribution in [2.24, 2.45) is 7.05 Å². The molecule has 1 aliphatic heterocycles. The molecule has 1 N–H and O–H groups in total. The third-order valence-corrected chi connectivity index (χ3v) is 7.01. The molecule has 1 fully saturated rings. The minimum Gasteiger partial charge on any atom is -0.343 e. The molecule has 1 amide bonds. The molecule has 1 aromatic heterocycles. The van der Waals surface area contributed by atoms with Crippen LogP contribution in [-0.4, -0.2) is 36.9 Å². The van der Waals surface area contributed by atoms with Crippen LogP contribution in [0.5, 0.6) is 0 Å². The van der Waals surface area contributed by atoms with Gasteiger partial charge in [-0.15, -0.1) is 0 Å². The van der Waals surface area contributed by atoms with Gasteiger partial charge in [-0.1, -0.05) is 28.1 Å². The number of nitrogens with one attached hydrogen (secondary N) is 1. The number of hydrogen-bond donors (Lipinski definition) is 1. The van der Waals surface area contributed by atoms with E-state index < -0.39 is 10.0 Å². The summed E-state index contributed by atoms with van der Waals surface area (Å²) in [5, 5.41) is 0. The summed E-state index contributed by atoms with van der Waals surface area (Å²) in [6, 6.07) is 8.96. The standard InChI is InChI=1S/C19H24BrN3O3S/c1-14-18(27(25,26)21-13-15-7-6-8-16(20)11-15)12-17(22(14)2)19(24)23-9-4-3-5-10-23/h6-8,11-12,21H,3-5,9-10,13H2,1-2H3. The van der Waals surface area contributed by atoms with E-state index in [2.05, 4.69) is 20.7 Å². The summed E-state index contributed by atoms with van der Waals surface area (Å²) >= 11 is 3.38. The topological polar surface area (TPSA) is 71.4 Å². The number of piperidine rings is 1. The van der Waals surface area contributed by atoms with E-state index in [1.165, 1.54) is 6.07 Å². The second-order valence-electron chi connectivity index (χ2n) is 6.85. The van der Waals surface area contributed by atoms with Gasteiger partial charge in [-0.05, 0) is 49.9 Å². The average molecular weight is 454 g/mol. The molecule has 2 heterocycles. The van der Waals surface area contributed by atoms with Crippen molar-refractivity contribution in [1.82, 2.24) is 14.2 Å². The van der Waals surface area contributed by atoms with Crippen LogP contribution in [0.15, 0.2) is 39.7 Å². The van der Waals surface area contributed by atoms with Crippen molar-refractivity contribution in [3.63, 3.8) is 0 Å². The van der Waals surface area contributed by atoms with Crippen LogP contribution in [0.25, 0.3) is 0 Å². The lowest BCUT2D eigenvalue weighted by atomic mass is 10.1. The van der Waals surface area contributed by atoms with Gasteiger partial charge < -0.3 is 9.47 Å². The van der Waals surface area contributed by atoms with Crippen molar-refractivity contribution in [1.29, 1.82) is 0 Å². The van der Waals surface area contributed by atoms with Gasteiger partial charge in [0.05, 0.1) is 0 Å². The van der Waals surface area contributed by atoms with Gasteiger partial charge in [0.15, 0.2) is 0 Å². The van der Waals surface area contributed by atoms with Crippen molar-refractivity contribution in [2.75, 3.05) is 13.1 Å². The summed E-state index contributed by atoms with van der Waals surface area (Å²) in [6.45, 7) is 3.37. The zero-order chi connectivity index (χ0) is 19.6. The Morgan fingerprint density at radius 2 is 1.89 bits per heavy atom. The van der Waals surface area contributed by atoms with Crippen LogP contribution in [0.2, 0.25) is 0 Å². The highest BCUT2D eigenvalue weighted by Crippen LogP contribution is 2.22. The largest absolute Gasteiger partial charge is 0.343 e. The Morgan fingerprint density at radius 1 is 1.19 bits per heavy atom. The Labute approximate surface area is 168 Å². The summed E-state index contributed by atoms with van der Waals surface area (Å²) in [4.78, 5) is 14.8. The normalized spacial score (nSPS) is 15.1. The van der Waals surface area contributed by atoms with Crippen LogP contribution >= 0.6 is 15.9 Å². The summed E-state index contributed by atoms with van der Waals surface area (Å²) in [7, 11) is -1.99. The number of halogens is 1. The molecule has 1 aliphatic rings. The zero-order valence-electron chi connectivity index (χ0n) is 15.5. The lowest BCUT2D eigenvalue weighted by Crippen LogP contribution is -2.36. The number of rotatable bonds is 5. The molecule has 0 bridgehead atoms. The first kappa shape index (κ1) is 20.1. The molecule has 2 aromatic rings. The van der Waals surface area contributed by atoms with Crippen molar-refractivity contribution in [3.8, 4) is 0 Å². The molecule has 0 atom stereocenters. The summed E-state index contributed by atoms with van der Waals surface area (Å²) in [5.41, 5.74) is 1.82. The van der Waals surface area contributed by atoms with Crippen LogP contribution in [0.3, 0.4) is 0 Å². The van der Waals surface area contributed by atoms with E-state index >= 15 is 0 Å². The predicted molar refractivity (Wildman–Crippen MR) is 108 cm³/mol. The molecule has 146 valence electrons. The number of likely N-dealkylation sites (tertiary alicyclic amines) is 1. The molecule has 6 nitrogen and oxygen atoms in total. The van der Waals surface area contributed by atoms with Gasteiger partial charge in [0, 0.05) is 36.8 Å². The Balaban J connectivity index is 1.82. The highest BCUT2D eigenvalue weighted by molar-refractivity contribution is 9.10. The second kappa shape index (κ2) is 8.16. The lowest BCUT2D eigenvalue weighted by molar-refractivity contribution is 0.0714. The third kappa shape index (κ3) is 4.44. The zero-order valence-corrected chi connectivity index (χ0v) is 17.9. The molecule has 0 aliphatic carbocycles. The highest BCUT2D eigenvalue weighted by Gasteiger charge is 2.27.